The molecular formula is C16H22N2O3. The number of rotatable bonds is 4. The van der Waals surface area contributed by atoms with Crippen LogP contribution in [0.4, 0.5) is 11.4 Å². The second-order valence-corrected chi connectivity index (χ2v) is 5.90. The molecule has 1 fully saturated rings. The summed E-state index contributed by atoms with van der Waals surface area (Å²) in [6.07, 6.45) is 3.71. The first-order chi connectivity index (χ1) is 10.1. The van der Waals surface area contributed by atoms with E-state index in [-0.39, 0.29) is 12.5 Å². The Kier molecular flexibility index (Phi) is 3.87. The highest BCUT2D eigenvalue weighted by Crippen LogP contribution is 2.38. The van der Waals surface area contributed by atoms with Crippen LogP contribution in [0.5, 0.6) is 0 Å². The monoisotopic (exact) mass is 290 g/mol. The lowest BCUT2D eigenvalue weighted by Crippen LogP contribution is -2.35. The van der Waals surface area contributed by atoms with Crippen molar-refractivity contribution in [3.63, 3.8) is 0 Å². The number of aliphatic hydroxyl groups excluding tert-OH is 2. The van der Waals surface area contributed by atoms with Gasteiger partial charge in [0.05, 0.1) is 12.3 Å². The summed E-state index contributed by atoms with van der Waals surface area (Å²) < 4.78 is 0. The largest absolute Gasteiger partial charge is 0.395 e. The average Bonchev–Trinajstić information content (AvgIpc) is 3.09. The number of carbonyl (C=O) groups excluding carboxylic acids is 1. The van der Waals surface area contributed by atoms with Gasteiger partial charge in [-0.05, 0) is 25.0 Å². The highest BCUT2D eigenvalue weighted by molar-refractivity contribution is 6.03. The standard InChI is InChI=1S/C16H22N2O3/c1-17-14-10-12(6-7-13(14)15(20)16(17)21)18(8-9-19)11-4-2-3-5-11/h6-7,10-11,15,19-20H,2-5,8-9H2,1H3. The summed E-state index contributed by atoms with van der Waals surface area (Å²) in [6, 6.07) is 6.19. The molecule has 0 spiro atoms. The molecule has 114 valence electrons. The number of carbonyl (C=O) groups is 1. The first-order valence-electron chi connectivity index (χ1n) is 7.60. The van der Waals surface area contributed by atoms with E-state index in [0.29, 0.717) is 18.2 Å². The highest BCUT2D eigenvalue weighted by Gasteiger charge is 2.34. The maximum absolute atomic E-state index is 11.8. The number of fused-ring (bicyclic) bond motifs is 1. The molecule has 0 saturated heterocycles. The van der Waals surface area contributed by atoms with Gasteiger partial charge < -0.3 is 20.0 Å². The Balaban J connectivity index is 1.93. The third kappa shape index (κ3) is 2.40. The molecule has 21 heavy (non-hydrogen) atoms. The maximum Gasteiger partial charge on any atom is 0.260 e. The van der Waals surface area contributed by atoms with Crippen molar-refractivity contribution in [2.45, 2.75) is 37.8 Å². The Labute approximate surface area is 124 Å². The second kappa shape index (κ2) is 5.66. The molecule has 1 aromatic rings. The molecule has 0 bridgehead atoms. The van der Waals surface area contributed by atoms with Crippen LogP contribution < -0.4 is 9.80 Å². The van der Waals surface area contributed by atoms with E-state index in [1.165, 1.54) is 17.7 Å². The van der Waals surface area contributed by atoms with Crippen LogP contribution in [0.1, 0.15) is 37.4 Å². The Hall–Kier alpha value is -1.59. The molecule has 5 heteroatoms. The molecule has 2 aliphatic rings. The molecule has 1 atom stereocenters. The predicted octanol–water partition coefficient (Wildman–Crippen LogP) is 1.44. The highest BCUT2D eigenvalue weighted by atomic mass is 16.3. The number of anilines is 2. The average molecular weight is 290 g/mol. The number of hydrogen-bond donors (Lipinski definition) is 2. The fourth-order valence-corrected chi connectivity index (χ4v) is 3.51. The van der Waals surface area contributed by atoms with Crippen LogP contribution in [-0.4, -0.2) is 42.4 Å². The quantitative estimate of drug-likeness (QED) is 0.880. The van der Waals surface area contributed by atoms with E-state index in [1.54, 1.807) is 7.05 Å². The number of hydrogen-bond acceptors (Lipinski definition) is 4. The summed E-state index contributed by atoms with van der Waals surface area (Å²) in [7, 11) is 1.69. The third-order valence-corrected chi connectivity index (χ3v) is 4.67. The Morgan fingerprint density at radius 1 is 1.33 bits per heavy atom. The first kappa shape index (κ1) is 14.4. The van der Waals surface area contributed by atoms with Crippen LogP contribution in [0.15, 0.2) is 18.2 Å². The summed E-state index contributed by atoms with van der Waals surface area (Å²) in [4.78, 5) is 15.6. The number of aliphatic hydroxyl groups is 2. The van der Waals surface area contributed by atoms with Crippen molar-refractivity contribution >= 4 is 17.3 Å². The molecule has 1 saturated carbocycles. The zero-order valence-electron chi connectivity index (χ0n) is 12.3. The molecule has 0 radical (unpaired) electrons. The number of benzene rings is 1. The maximum atomic E-state index is 11.8. The van der Waals surface area contributed by atoms with E-state index in [2.05, 4.69) is 4.90 Å². The minimum atomic E-state index is -1.04. The van der Waals surface area contributed by atoms with Gasteiger partial charge in [-0.1, -0.05) is 18.9 Å². The number of nitrogens with zero attached hydrogens (tertiary/aromatic N) is 2. The van der Waals surface area contributed by atoms with Crippen LogP contribution in [-0.2, 0) is 4.79 Å². The van der Waals surface area contributed by atoms with Crippen LogP contribution in [0.2, 0.25) is 0 Å². The fraction of sp³-hybridized carbons (Fsp3) is 0.562. The second-order valence-electron chi connectivity index (χ2n) is 5.90. The van der Waals surface area contributed by atoms with Gasteiger partial charge in [-0.2, -0.15) is 0 Å². The topological polar surface area (TPSA) is 64.0 Å². The molecule has 1 unspecified atom stereocenters. The Morgan fingerprint density at radius 2 is 2.05 bits per heavy atom. The Morgan fingerprint density at radius 3 is 2.71 bits per heavy atom. The summed E-state index contributed by atoms with van der Waals surface area (Å²) in [6.45, 7) is 0.717. The van der Waals surface area contributed by atoms with Gasteiger partial charge in [-0.15, -0.1) is 0 Å². The van der Waals surface area contributed by atoms with E-state index >= 15 is 0 Å². The normalized spacial score (nSPS) is 22.0. The summed E-state index contributed by atoms with van der Waals surface area (Å²) in [5.74, 6) is -0.281. The van der Waals surface area contributed by atoms with Crippen molar-refractivity contribution in [2.75, 3.05) is 30.0 Å². The van der Waals surface area contributed by atoms with Crippen molar-refractivity contribution < 1.29 is 15.0 Å². The molecule has 0 aromatic heterocycles. The van der Waals surface area contributed by atoms with Crippen molar-refractivity contribution in [2.24, 2.45) is 0 Å². The Bertz CT molecular complexity index is 540. The lowest BCUT2D eigenvalue weighted by atomic mass is 10.1. The molecular weight excluding hydrogens is 268 g/mol. The van der Waals surface area contributed by atoms with Crippen molar-refractivity contribution in [1.82, 2.24) is 0 Å². The van der Waals surface area contributed by atoms with E-state index < -0.39 is 6.10 Å². The van der Waals surface area contributed by atoms with E-state index in [4.69, 9.17) is 0 Å². The first-order valence-corrected chi connectivity index (χ1v) is 7.60. The van der Waals surface area contributed by atoms with Crippen LogP contribution in [0.25, 0.3) is 0 Å². The smallest absolute Gasteiger partial charge is 0.260 e. The van der Waals surface area contributed by atoms with E-state index in [1.807, 2.05) is 18.2 Å². The van der Waals surface area contributed by atoms with Gasteiger partial charge >= 0.3 is 0 Å². The zero-order chi connectivity index (χ0) is 15.0. The molecule has 1 aliphatic heterocycles. The third-order valence-electron chi connectivity index (χ3n) is 4.67. The van der Waals surface area contributed by atoms with Crippen molar-refractivity contribution in [1.29, 1.82) is 0 Å². The zero-order valence-corrected chi connectivity index (χ0v) is 12.3. The summed E-state index contributed by atoms with van der Waals surface area (Å²) in [5, 5.41) is 19.3. The van der Waals surface area contributed by atoms with Gasteiger partial charge in [0.25, 0.3) is 5.91 Å². The minimum absolute atomic E-state index is 0.116. The van der Waals surface area contributed by atoms with E-state index in [9.17, 15) is 15.0 Å². The lowest BCUT2D eigenvalue weighted by molar-refractivity contribution is -0.125. The molecule has 1 heterocycles. The fourth-order valence-electron chi connectivity index (χ4n) is 3.51. The van der Waals surface area contributed by atoms with Gasteiger partial charge in [0.1, 0.15) is 0 Å². The van der Waals surface area contributed by atoms with E-state index in [0.717, 1.165) is 24.2 Å². The van der Waals surface area contributed by atoms with Crippen LogP contribution in [0.3, 0.4) is 0 Å². The van der Waals surface area contributed by atoms with Gasteiger partial charge in [-0.25, -0.2) is 0 Å². The van der Waals surface area contributed by atoms with Gasteiger partial charge in [0.15, 0.2) is 6.10 Å². The van der Waals surface area contributed by atoms with Crippen molar-refractivity contribution in [3.8, 4) is 0 Å². The summed E-state index contributed by atoms with van der Waals surface area (Å²) >= 11 is 0. The molecule has 2 N–H and O–H groups in total. The molecule has 5 nitrogen and oxygen atoms in total. The van der Waals surface area contributed by atoms with Gasteiger partial charge in [-0.3, -0.25) is 4.79 Å². The van der Waals surface area contributed by atoms with Gasteiger partial charge in [0, 0.05) is 30.9 Å². The molecule has 3 rings (SSSR count). The number of amides is 1. The van der Waals surface area contributed by atoms with Crippen molar-refractivity contribution in [3.05, 3.63) is 23.8 Å². The minimum Gasteiger partial charge on any atom is -0.395 e. The molecule has 1 aromatic carbocycles. The predicted molar refractivity (Wildman–Crippen MR) is 81.5 cm³/mol. The molecule has 1 aliphatic carbocycles. The SMILES string of the molecule is CN1C(=O)C(O)c2ccc(N(CCO)C3CCCC3)cc21. The van der Waals surface area contributed by atoms with Crippen LogP contribution in [0, 0.1) is 0 Å². The van der Waals surface area contributed by atoms with Crippen LogP contribution >= 0.6 is 0 Å². The van der Waals surface area contributed by atoms with Gasteiger partial charge in [0.2, 0.25) is 0 Å². The molecule has 1 amide bonds. The lowest BCUT2D eigenvalue weighted by Gasteiger charge is -2.31. The summed E-state index contributed by atoms with van der Waals surface area (Å²) in [5.41, 5.74) is 2.45. The number of likely N-dealkylation sites (N-methyl/N-ethyl adjacent to an activating group) is 1.